The molecule has 4 atom stereocenters. The molecule has 2 aromatic carbocycles. The number of rotatable bonds is 8. The fourth-order valence-electron chi connectivity index (χ4n) is 5.78. The summed E-state index contributed by atoms with van der Waals surface area (Å²) in [6.07, 6.45) is 0.0614. The lowest BCUT2D eigenvalue weighted by molar-refractivity contribution is -0.142. The van der Waals surface area contributed by atoms with Gasteiger partial charge in [0.1, 0.15) is 17.7 Å². The van der Waals surface area contributed by atoms with Crippen LogP contribution in [0.3, 0.4) is 0 Å². The molecule has 11 heteroatoms. The molecule has 1 amide bonds. The monoisotopic (exact) mass is 581 g/mol. The lowest BCUT2D eigenvalue weighted by Gasteiger charge is -2.33. The maximum absolute atomic E-state index is 14.0. The van der Waals surface area contributed by atoms with Crippen molar-refractivity contribution in [1.82, 2.24) is 9.88 Å². The Labute approximate surface area is 241 Å². The number of hydrogen-bond donors (Lipinski definition) is 0. The molecular weight excluding hydrogens is 551 g/mol. The molecule has 3 aliphatic rings. The van der Waals surface area contributed by atoms with Gasteiger partial charge in [-0.15, -0.1) is 0 Å². The molecule has 0 N–H and O–H groups in total. The zero-order chi connectivity index (χ0) is 29.7. The molecule has 6 rings (SSSR count). The van der Waals surface area contributed by atoms with Crippen molar-refractivity contribution in [1.29, 1.82) is 0 Å². The predicted octanol–water partition coefficient (Wildman–Crippen LogP) is 5.74. The minimum atomic E-state index is -1.58. The molecule has 2 aliphatic heterocycles. The fraction of sp³-hybridized carbons (Fsp3) is 0.387. The van der Waals surface area contributed by atoms with Crippen molar-refractivity contribution in [2.45, 2.75) is 44.4 Å². The van der Waals surface area contributed by atoms with Crippen LogP contribution in [0.2, 0.25) is 0 Å². The number of halogens is 3. The van der Waals surface area contributed by atoms with Crippen LogP contribution in [-0.4, -0.2) is 55.3 Å². The van der Waals surface area contributed by atoms with Gasteiger partial charge in [0.2, 0.25) is 0 Å². The zero-order valence-electron chi connectivity index (χ0n) is 23.4. The van der Waals surface area contributed by atoms with Crippen molar-refractivity contribution >= 4 is 17.9 Å². The van der Waals surface area contributed by atoms with Gasteiger partial charge in [-0.2, -0.15) is 0 Å². The van der Waals surface area contributed by atoms with Crippen LogP contribution >= 0.6 is 0 Å². The number of amides is 1. The number of ether oxygens (including phenoxy) is 3. The molecule has 0 bridgehead atoms. The fourth-order valence-corrected chi connectivity index (χ4v) is 5.78. The standard InChI is InChI=1S/C31H30F3N3O5/c1-16-29(18-12-23(32)28(34)24(33)13-18)42-31(39)37(16)15-25-19(6-8-27(35-25)36-9-4-10-36)21-11-17(5-7-26(21)40-2)20-14-22(20)30(38)41-3/h5-8,11-13,16,20,22,29H,4,9-10,14-15H2,1-3H3/t16-,20-,22+,29-/m0/s1. The Hall–Kier alpha value is -4.28. The summed E-state index contributed by atoms with van der Waals surface area (Å²) in [7, 11) is 2.95. The SMILES string of the molecule is COC(=O)[C@@H]1C[C@H]1c1ccc(OC)c(-c2ccc(N3CCC3)nc2CN2C(=O)O[C@H](c3cc(F)c(F)c(F)c3)[C@@H]2C)c1. The molecule has 3 fully saturated rings. The Morgan fingerprint density at radius 3 is 2.40 bits per heavy atom. The zero-order valence-corrected chi connectivity index (χ0v) is 23.4. The average Bonchev–Trinajstić information content (AvgIpc) is 3.71. The first-order valence-electron chi connectivity index (χ1n) is 13.8. The second-order valence-corrected chi connectivity index (χ2v) is 10.9. The Morgan fingerprint density at radius 1 is 1.02 bits per heavy atom. The Kier molecular flexibility index (Phi) is 7.20. The van der Waals surface area contributed by atoms with Crippen LogP contribution < -0.4 is 9.64 Å². The Balaban J connectivity index is 1.36. The van der Waals surface area contributed by atoms with Crippen LogP contribution in [0.4, 0.5) is 23.8 Å². The summed E-state index contributed by atoms with van der Waals surface area (Å²) in [6.45, 7) is 3.48. The van der Waals surface area contributed by atoms with E-state index in [0.717, 1.165) is 54.2 Å². The summed E-state index contributed by atoms with van der Waals surface area (Å²) in [4.78, 5) is 33.7. The van der Waals surface area contributed by atoms with E-state index in [2.05, 4.69) is 4.90 Å². The molecule has 3 heterocycles. The highest BCUT2D eigenvalue weighted by molar-refractivity contribution is 5.79. The van der Waals surface area contributed by atoms with Crippen LogP contribution in [-0.2, 0) is 20.8 Å². The van der Waals surface area contributed by atoms with Gasteiger partial charge in [-0.1, -0.05) is 6.07 Å². The number of nitrogens with zero attached hydrogens (tertiary/aromatic N) is 3. The largest absolute Gasteiger partial charge is 0.496 e. The summed E-state index contributed by atoms with van der Waals surface area (Å²) >= 11 is 0. The first-order valence-corrected chi connectivity index (χ1v) is 13.8. The molecule has 1 saturated carbocycles. The summed E-state index contributed by atoms with van der Waals surface area (Å²) in [6, 6.07) is 10.7. The van der Waals surface area contributed by atoms with Gasteiger partial charge < -0.3 is 19.1 Å². The summed E-state index contributed by atoms with van der Waals surface area (Å²) in [5, 5.41) is 0. The van der Waals surface area contributed by atoms with Crippen LogP contribution in [0.25, 0.3) is 11.1 Å². The smallest absolute Gasteiger partial charge is 0.411 e. The van der Waals surface area contributed by atoms with Crippen molar-refractivity contribution in [2.75, 3.05) is 32.2 Å². The number of aromatic nitrogens is 1. The molecule has 42 heavy (non-hydrogen) atoms. The molecule has 0 radical (unpaired) electrons. The van der Waals surface area contributed by atoms with Gasteiger partial charge in [-0.3, -0.25) is 9.69 Å². The van der Waals surface area contributed by atoms with Gasteiger partial charge in [0.05, 0.1) is 38.4 Å². The lowest BCUT2D eigenvalue weighted by atomic mass is 9.97. The second-order valence-electron chi connectivity index (χ2n) is 10.9. The van der Waals surface area contributed by atoms with E-state index in [1.165, 1.54) is 12.0 Å². The third-order valence-corrected chi connectivity index (χ3v) is 8.42. The number of pyridine rings is 1. The van der Waals surface area contributed by atoms with E-state index in [0.29, 0.717) is 17.9 Å². The van der Waals surface area contributed by atoms with Crippen molar-refractivity contribution in [3.05, 3.63) is 76.7 Å². The predicted molar refractivity (Wildman–Crippen MR) is 146 cm³/mol. The van der Waals surface area contributed by atoms with Gasteiger partial charge >= 0.3 is 12.1 Å². The van der Waals surface area contributed by atoms with Crippen molar-refractivity contribution in [3.63, 3.8) is 0 Å². The third-order valence-electron chi connectivity index (χ3n) is 8.42. The Bertz CT molecular complexity index is 1540. The minimum Gasteiger partial charge on any atom is -0.496 e. The number of anilines is 1. The van der Waals surface area contributed by atoms with Gasteiger partial charge in [0.25, 0.3) is 0 Å². The normalized spacial score (nSPS) is 23.0. The quantitative estimate of drug-likeness (QED) is 0.248. The van der Waals surface area contributed by atoms with Crippen LogP contribution in [0.5, 0.6) is 5.75 Å². The van der Waals surface area contributed by atoms with E-state index in [-0.39, 0.29) is 29.9 Å². The lowest BCUT2D eigenvalue weighted by Crippen LogP contribution is -2.38. The maximum Gasteiger partial charge on any atom is 0.411 e. The number of methoxy groups -OCH3 is 2. The molecule has 0 unspecified atom stereocenters. The van der Waals surface area contributed by atoms with Crippen molar-refractivity contribution in [3.8, 4) is 16.9 Å². The highest BCUT2D eigenvalue weighted by Crippen LogP contribution is 2.50. The third kappa shape index (κ3) is 4.90. The molecule has 2 saturated heterocycles. The second kappa shape index (κ2) is 10.8. The molecule has 0 spiro atoms. The summed E-state index contributed by atoms with van der Waals surface area (Å²) in [5.74, 6) is -3.32. The van der Waals surface area contributed by atoms with Crippen LogP contribution in [0.1, 0.15) is 48.6 Å². The van der Waals surface area contributed by atoms with Crippen molar-refractivity contribution < 1.29 is 37.0 Å². The van der Waals surface area contributed by atoms with E-state index in [9.17, 15) is 22.8 Å². The highest BCUT2D eigenvalue weighted by atomic mass is 19.2. The number of hydrogen-bond acceptors (Lipinski definition) is 7. The first kappa shape index (κ1) is 27.9. The van der Waals surface area contributed by atoms with Gasteiger partial charge in [-0.25, -0.2) is 22.9 Å². The van der Waals surface area contributed by atoms with Gasteiger partial charge in [-0.05, 0) is 67.6 Å². The summed E-state index contributed by atoms with van der Waals surface area (Å²) < 4.78 is 57.7. The number of carbonyl (C=O) groups is 2. The van der Waals surface area contributed by atoms with Crippen LogP contribution in [0.15, 0.2) is 42.5 Å². The van der Waals surface area contributed by atoms with Gasteiger partial charge in [0, 0.05) is 29.8 Å². The number of carbonyl (C=O) groups excluding carboxylic acids is 2. The Morgan fingerprint density at radius 2 is 1.76 bits per heavy atom. The molecule has 8 nitrogen and oxygen atoms in total. The van der Waals surface area contributed by atoms with E-state index in [4.69, 9.17) is 19.2 Å². The first-order chi connectivity index (χ1) is 20.2. The highest BCUT2D eigenvalue weighted by Gasteiger charge is 2.45. The van der Waals surface area contributed by atoms with E-state index >= 15 is 0 Å². The summed E-state index contributed by atoms with van der Waals surface area (Å²) in [5.41, 5.74) is 3.05. The molecule has 1 aromatic heterocycles. The van der Waals surface area contributed by atoms with E-state index < -0.39 is 35.7 Å². The molecule has 3 aromatic rings. The topological polar surface area (TPSA) is 81.2 Å². The maximum atomic E-state index is 14.0. The van der Waals surface area contributed by atoms with Crippen molar-refractivity contribution in [2.24, 2.45) is 5.92 Å². The average molecular weight is 582 g/mol. The number of benzene rings is 2. The van der Waals surface area contributed by atoms with E-state index in [1.54, 1.807) is 14.0 Å². The molecule has 1 aliphatic carbocycles. The number of cyclic esters (lactones) is 1. The molecular formula is C31H30F3N3O5. The van der Waals surface area contributed by atoms with E-state index in [1.807, 2.05) is 30.3 Å². The minimum absolute atomic E-state index is 0.0243. The van der Waals surface area contributed by atoms with Crippen LogP contribution in [0, 0.1) is 23.4 Å². The van der Waals surface area contributed by atoms with Gasteiger partial charge in [0.15, 0.2) is 17.5 Å². The molecule has 220 valence electrons. The number of esters is 1.